The smallest absolute Gasteiger partial charge is 0.263 e. The normalized spacial score (nSPS) is 16.7. The summed E-state index contributed by atoms with van der Waals surface area (Å²) in [6.07, 6.45) is 0.163. The van der Waals surface area contributed by atoms with Crippen molar-refractivity contribution in [3.63, 3.8) is 0 Å². The number of ether oxygens (including phenoxy) is 1. The van der Waals surface area contributed by atoms with E-state index in [-0.39, 0.29) is 35.6 Å². The first kappa shape index (κ1) is 21.8. The number of aliphatic imine (C=N–C) groups is 1. The molecule has 3 rings (SSSR count). The molecule has 0 saturated carbocycles. The molecule has 2 N–H and O–H groups in total. The number of amidine groups is 1. The summed E-state index contributed by atoms with van der Waals surface area (Å²) >= 11 is 0. The highest BCUT2D eigenvalue weighted by Gasteiger charge is 2.29. The van der Waals surface area contributed by atoms with Crippen LogP contribution in [-0.4, -0.2) is 59.4 Å². The Morgan fingerprint density at radius 1 is 1.17 bits per heavy atom. The van der Waals surface area contributed by atoms with E-state index in [1.807, 2.05) is 43.3 Å². The van der Waals surface area contributed by atoms with E-state index in [1.54, 1.807) is 25.3 Å². The molecule has 1 amide bonds. The number of fused-ring (bicyclic) bond motifs is 1. The molecule has 1 atom stereocenters. The van der Waals surface area contributed by atoms with Gasteiger partial charge in [-0.15, -0.1) is 0 Å². The zero-order valence-electron chi connectivity index (χ0n) is 17.3. The number of carbonyl (C=O) groups is 1. The third-order valence-corrected chi connectivity index (χ3v) is 6.29. The molecule has 160 valence electrons. The van der Waals surface area contributed by atoms with Crippen LogP contribution < -0.4 is 14.8 Å². The summed E-state index contributed by atoms with van der Waals surface area (Å²) in [4.78, 5) is 18.8. The zero-order chi connectivity index (χ0) is 21.7. The number of likely N-dealkylation sites (N-methyl/N-ethyl adjacent to an activating group) is 1. The highest BCUT2D eigenvalue weighted by atomic mass is 32.2. The Kier molecular flexibility index (Phi) is 6.73. The number of hydrogen-bond acceptors (Lipinski definition) is 6. The third-order valence-electron chi connectivity index (χ3n) is 4.89. The van der Waals surface area contributed by atoms with Crippen LogP contribution in [0, 0.1) is 0 Å². The van der Waals surface area contributed by atoms with Gasteiger partial charge in [0.2, 0.25) is 5.91 Å². The second kappa shape index (κ2) is 9.27. The van der Waals surface area contributed by atoms with Crippen LogP contribution in [0.5, 0.6) is 5.75 Å². The maximum atomic E-state index is 12.3. The standard InChI is InChI=1S/C21H26N4O4S/c1-25(2)18(15-8-10-16(29-3)11-9-15)14-23-20(26)12-13-22-21-17-6-4-5-7-19(17)30(27,28)24-21/h4-11,18H,12-14H2,1-3H3,(H,22,24)(H,23,26)/t18-/m0/s1. The van der Waals surface area contributed by atoms with Gasteiger partial charge in [0.15, 0.2) is 0 Å². The van der Waals surface area contributed by atoms with E-state index < -0.39 is 10.0 Å². The van der Waals surface area contributed by atoms with Crippen molar-refractivity contribution >= 4 is 21.8 Å². The summed E-state index contributed by atoms with van der Waals surface area (Å²) in [5.41, 5.74) is 1.60. The SMILES string of the molecule is COc1ccc([C@H](CNC(=O)CCN=C2NS(=O)(=O)c3ccccc32)N(C)C)cc1. The lowest BCUT2D eigenvalue weighted by molar-refractivity contribution is -0.121. The molecule has 0 aliphatic carbocycles. The first-order valence-corrected chi connectivity index (χ1v) is 11.0. The van der Waals surface area contributed by atoms with Crippen LogP contribution in [0.2, 0.25) is 0 Å². The number of nitrogens with zero attached hydrogens (tertiary/aromatic N) is 2. The van der Waals surface area contributed by atoms with Crippen LogP contribution in [-0.2, 0) is 14.8 Å². The monoisotopic (exact) mass is 430 g/mol. The van der Waals surface area contributed by atoms with Crippen molar-refractivity contribution in [3.05, 3.63) is 59.7 Å². The number of rotatable bonds is 8. The Morgan fingerprint density at radius 2 is 1.87 bits per heavy atom. The minimum Gasteiger partial charge on any atom is -0.497 e. The van der Waals surface area contributed by atoms with Crippen LogP contribution in [0.15, 0.2) is 58.4 Å². The topological polar surface area (TPSA) is 100 Å². The fraction of sp³-hybridized carbons (Fsp3) is 0.333. The zero-order valence-corrected chi connectivity index (χ0v) is 18.1. The predicted octanol–water partition coefficient (Wildman–Crippen LogP) is 1.54. The van der Waals surface area contributed by atoms with Gasteiger partial charge in [-0.1, -0.05) is 24.3 Å². The lowest BCUT2D eigenvalue weighted by atomic mass is 10.1. The fourth-order valence-corrected chi connectivity index (χ4v) is 4.50. The Labute approximate surface area is 177 Å². The number of hydrogen-bond donors (Lipinski definition) is 2. The van der Waals surface area contributed by atoms with E-state index in [1.165, 1.54) is 6.07 Å². The molecule has 0 saturated heterocycles. The van der Waals surface area contributed by atoms with Crippen molar-refractivity contribution in [2.24, 2.45) is 4.99 Å². The molecule has 1 aliphatic heterocycles. The number of benzene rings is 2. The molecule has 0 radical (unpaired) electrons. The summed E-state index contributed by atoms with van der Waals surface area (Å²) in [5, 5.41) is 2.93. The lowest BCUT2D eigenvalue weighted by Gasteiger charge is -2.25. The van der Waals surface area contributed by atoms with Gasteiger partial charge in [0, 0.05) is 18.5 Å². The molecule has 1 aliphatic rings. The quantitative estimate of drug-likeness (QED) is 0.662. The van der Waals surface area contributed by atoms with Crippen molar-refractivity contribution in [1.82, 2.24) is 14.9 Å². The molecular formula is C21H26N4O4S. The molecule has 0 fully saturated rings. The molecule has 0 spiro atoms. The molecule has 9 heteroatoms. The highest BCUT2D eigenvalue weighted by Crippen LogP contribution is 2.22. The van der Waals surface area contributed by atoms with E-state index in [0.29, 0.717) is 12.1 Å². The van der Waals surface area contributed by atoms with Gasteiger partial charge in [-0.05, 0) is 43.9 Å². The molecule has 30 heavy (non-hydrogen) atoms. The Morgan fingerprint density at radius 3 is 2.53 bits per heavy atom. The maximum absolute atomic E-state index is 12.3. The van der Waals surface area contributed by atoms with Crippen molar-refractivity contribution in [3.8, 4) is 5.75 Å². The van der Waals surface area contributed by atoms with Gasteiger partial charge in [-0.3, -0.25) is 14.5 Å². The Hall–Kier alpha value is -2.91. The molecule has 2 aromatic carbocycles. The van der Waals surface area contributed by atoms with E-state index in [2.05, 4.69) is 15.0 Å². The molecular weight excluding hydrogens is 404 g/mol. The summed E-state index contributed by atoms with van der Waals surface area (Å²) in [7, 11) is 1.96. The number of carbonyl (C=O) groups excluding carboxylic acids is 1. The van der Waals surface area contributed by atoms with E-state index in [0.717, 1.165) is 11.3 Å². The van der Waals surface area contributed by atoms with Gasteiger partial charge in [0.1, 0.15) is 11.6 Å². The van der Waals surface area contributed by atoms with Gasteiger partial charge in [0.05, 0.1) is 24.6 Å². The van der Waals surface area contributed by atoms with Crippen molar-refractivity contribution < 1.29 is 17.9 Å². The summed E-state index contributed by atoms with van der Waals surface area (Å²) < 4.78 is 31.8. The number of nitrogens with one attached hydrogen (secondary N) is 2. The van der Waals surface area contributed by atoms with Gasteiger partial charge in [-0.2, -0.15) is 0 Å². The van der Waals surface area contributed by atoms with Gasteiger partial charge in [0.25, 0.3) is 10.0 Å². The molecule has 8 nitrogen and oxygen atoms in total. The molecule has 2 aromatic rings. The molecule has 0 bridgehead atoms. The first-order valence-electron chi connectivity index (χ1n) is 9.55. The van der Waals surface area contributed by atoms with Crippen molar-refractivity contribution in [2.45, 2.75) is 17.4 Å². The highest BCUT2D eigenvalue weighted by molar-refractivity contribution is 7.90. The summed E-state index contributed by atoms with van der Waals surface area (Å²) in [6.45, 7) is 0.636. The molecule has 0 aromatic heterocycles. The molecule has 1 heterocycles. The van der Waals surface area contributed by atoms with Crippen LogP contribution in [0.4, 0.5) is 0 Å². The van der Waals surface area contributed by atoms with Gasteiger partial charge in [-0.25, -0.2) is 8.42 Å². The average Bonchev–Trinajstić information content (AvgIpc) is 2.99. The van der Waals surface area contributed by atoms with Gasteiger partial charge < -0.3 is 15.0 Å². The largest absolute Gasteiger partial charge is 0.497 e. The number of amides is 1. The predicted molar refractivity (Wildman–Crippen MR) is 115 cm³/mol. The Balaban J connectivity index is 1.56. The second-order valence-electron chi connectivity index (χ2n) is 7.14. The number of sulfonamides is 1. The van der Waals surface area contributed by atoms with Crippen LogP contribution >= 0.6 is 0 Å². The lowest BCUT2D eigenvalue weighted by Crippen LogP contribution is -2.34. The van der Waals surface area contributed by atoms with E-state index in [4.69, 9.17) is 4.74 Å². The second-order valence-corrected chi connectivity index (χ2v) is 8.79. The third kappa shape index (κ3) is 4.98. The molecule has 0 unspecified atom stereocenters. The minimum absolute atomic E-state index is 0.0136. The minimum atomic E-state index is -3.57. The van der Waals surface area contributed by atoms with E-state index >= 15 is 0 Å². The average molecular weight is 431 g/mol. The number of methoxy groups -OCH3 is 1. The maximum Gasteiger partial charge on any atom is 0.263 e. The summed E-state index contributed by atoms with van der Waals surface area (Å²) in [5.74, 6) is 0.917. The van der Waals surface area contributed by atoms with Crippen LogP contribution in [0.3, 0.4) is 0 Å². The van der Waals surface area contributed by atoms with E-state index in [9.17, 15) is 13.2 Å². The van der Waals surface area contributed by atoms with Crippen molar-refractivity contribution in [2.75, 3.05) is 34.3 Å². The van der Waals surface area contributed by atoms with Gasteiger partial charge >= 0.3 is 0 Å². The Bertz CT molecular complexity index is 1030. The summed E-state index contributed by atoms with van der Waals surface area (Å²) in [6, 6.07) is 14.4. The van der Waals surface area contributed by atoms with Crippen LogP contribution in [0.1, 0.15) is 23.6 Å². The fourth-order valence-electron chi connectivity index (χ4n) is 3.24. The van der Waals surface area contributed by atoms with Crippen molar-refractivity contribution in [1.29, 1.82) is 0 Å². The first-order chi connectivity index (χ1) is 14.3. The van der Waals surface area contributed by atoms with Crippen LogP contribution in [0.25, 0.3) is 0 Å².